The van der Waals surface area contributed by atoms with Crippen LogP contribution in [0.4, 0.5) is 13.2 Å². The van der Waals surface area contributed by atoms with Crippen molar-refractivity contribution in [2.45, 2.75) is 12.7 Å². The molecule has 1 aromatic heterocycles. The molecule has 1 rings (SSSR count). The Bertz CT molecular complexity index is 242. The molecule has 0 atom stereocenters. The maximum atomic E-state index is 11.8. The minimum absolute atomic E-state index is 0.114. The Labute approximate surface area is 60.0 Å². The Morgan fingerprint density at radius 2 is 2.18 bits per heavy atom. The molecule has 0 amide bonds. The van der Waals surface area contributed by atoms with Crippen molar-refractivity contribution in [3.05, 3.63) is 17.8 Å². The summed E-state index contributed by atoms with van der Waals surface area (Å²) >= 11 is 0. The van der Waals surface area contributed by atoms with Gasteiger partial charge in [0.15, 0.2) is 5.69 Å². The summed E-state index contributed by atoms with van der Waals surface area (Å²) in [6.45, 7) is -0.129. The number of halogens is 3. The molecule has 0 aliphatic rings. The van der Waals surface area contributed by atoms with E-state index in [1.54, 1.807) is 0 Å². The number of nitrogens with two attached hydrogens (primary N) is 1. The number of aromatic nitrogens is 1. The van der Waals surface area contributed by atoms with Crippen LogP contribution in [0.5, 0.6) is 0 Å². The minimum Gasteiger partial charge on any atom is -0.447 e. The van der Waals surface area contributed by atoms with Gasteiger partial charge in [0.05, 0.1) is 6.54 Å². The Balaban J connectivity index is 2.89. The van der Waals surface area contributed by atoms with E-state index >= 15 is 0 Å². The zero-order valence-electron chi connectivity index (χ0n) is 5.35. The van der Waals surface area contributed by atoms with Crippen LogP contribution in [0.25, 0.3) is 0 Å². The maximum absolute atomic E-state index is 11.8. The van der Waals surface area contributed by atoms with Crippen LogP contribution < -0.4 is 5.73 Å². The molecule has 0 aliphatic heterocycles. The molecule has 1 aromatic rings. The predicted molar refractivity (Wildman–Crippen MR) is 29.4 cm³/mol. The van der Waals surface area contributed by atoms with Crippen molar-refractivity contribution in [1.29, 1.82) is 0 Å². The first-order chi connectivity index (χ1) is 5.04. The highest BCUT2D eigenvalue weighted by Crippen LogP contribution is 2.27. The highest BCUT2D eigenvalue weighted by atomic mass is 19.4. The van der Waals surface area contributed by atoms with Crippen molar-refractivity contribution in [1.82, 2.24) is 4.98 Å². The average molecular weight is 166 g/mol. The van der Waals surface area contributed by atoms with Gasteiger partial charge in [-0.05, 0) is 0 Å². The molecular formula is C5H5F3N2O. The molecule has 0 bridgehead atoms. The highest BCUT2D eigenvalue weighted by molar-refractivity contribution is 5.00. The number of hydrogen-bond acceptors (Lipinski definition) is 3. The lowest BCUT2D eigenvalue weighted by Gasteiger charge is -1.97. The molecule has 0 aliphatic carbocycles. The Morgan fingerprint density at radius 3 is 2.45 bits per heavy atom. The summed E-state index contributed by atoms with van der Waals surface area (Å²) < 4.78 is 39.7. The molecular weight excluding hydrogens is 161 g/mol. The number of rotatable bonds is 1. The minimum atomic E-state index is -4.45. The summed E-state index contributed by atoms with van der Waals surface area (Å²) in [5.41, 5.74) is 3.94. The first-order valence-corrected chi connectivity index (χ1v) is 2.75. The fourth-order valence-corrected chi connectivity index (χ4v) is 0.535. The summed E-state index contributed by atoms with van der Waals surface area (Å²) in [4.78, 5) is 3.08. The Kier molecular flexibility index (Phi) is 1.86. The normalized spacial score (nSPS) is 12.0. The van der Waals surface area contributed by atoms with Crippen LogP contribution in [0.1, 0.15) is 11.6 Å². The van der Waals surface area contributed by atoms with Crippen LogP contribution in [0, 0.1) is 0 Å². The van der Waals surface area contributed by atoms with E-state index < -0.39 is 11.9 Å². The van der Waals surface area contributed by atoms with Gasteiger partial charge < -0.3 is 10.2 Å². The SMILES string of the molecule is NCc1nc(C(F)(F)F)co1. The molecule has 2 N–H and O–H groups in total. The number of alkyl halides is 3. The number of hydrogen-bond donors (Lipinski definition) is 1. The number of oxazole rings is 1. The number of nitrogens with zero attached hydrogens (tertiary/aromatic N) is 1. The van der Waals surface area contributed by atoms with Gasteiger partial charge in [0, 0.05) is 0 Å². The summed E-state index contributed by atoms with van der Waals surface area (Å²) in [6.07, 6.45) is -3.90. The van der Waals surface area contributed by atoms with Gasteiger partial charge in [0.1, 0.15) is 6.26 Å². The lowest BCUT2D eigenvalue weighted by Crippen LogP contribution is -2.06. The quantitative estimate of drug-likeness (QED) is 0.680. The van der Waals surface area contributed by atoms with Gasteiger partial charge in [0.2, 0.25) is 5.89 Å². The molecule has 0 radical (unpaired) electrons. The van der Waals surface area contributed by atoms with E-state index in [-0.39, 0.29) is 12.4 Å². The molecule has 0 aromatic carbocycles. The largest absolute Gasteiger partial charge is 0.447 e. The fraction of sp³-hybridized carbons (Fsp3) is 0.400. The fourth-order valence-electron chi connectivity index (χ4n) is 0.535. The van der Waals surface area contributed by atoms with E-state index in [1.165, 1.54) is 0 Å². The monoisotopic (exact) mass is 166 g/mol. The molecule has 0 saturated heterocycles. The summed E-state index contributed by atoms with van der Waals surface area (Å²) in [6, 6.07) is 0. The zero-order chi connectivity index (χ0) is 8.48. The highest BCUT2D eigenvalue weighted by Gasteiger charge is 2.34. The van der Waals surface area contributed by atoms with Gasteiger partial charge in [-0.2, -0.15) is 13.2 Å². The van der Waals surface area contributed by atoms with E-state index in [2.05, 4.69) is 9.40 Å². The lowest BCUT2D eigenvalue weighted by molar-refractivity contribution is -0.141. The van der Waals surface area contributed by atoms with E-state index in [9.17, 15) is 13.2 Å². The van der Waals surface area contributed by atoms with Gasteiger partial charge in [-0.1, -0.05) is 0 Å². The third-order valence-corrected chi connectivity index (χ3v) is 1.02. The van der Waals surface area contributed by atoms with Crippen LogP contribution in [0.15, 0.2) is 10.7 Å². The molecule has 0 spiro atoms. The van der Waals surface area contributed by atoms with E-state index in [0.717, 1.165) is 0 Å². The molecule has 1 heterocycles. The van der Waals surface area contributed by atoms with Gasteiger partial charge >= 0.3 is 6.18 Å². The van der Waals surface area contributed by atoms with Gasteiger partial charge in [-0.25, -0.2) is 4.98 Å². The maximum Gasteiger partial charge on any atom is 0.436 e. The van der Waals surface area contributed by atoms with E-state index in [4.69, 9.17) is 5.73 Å². The second-order valence-corrected chi connectivity index (χ2v) is 1.83. The van der Waals surface area contributed by atoms with Crippen LogP contribution in [0.2, 0.25) is 0 Å². The topological polar surface area (TPSA) is 52.0 Å². The van der Waals surface area contributed by atoms with Crippen molar-refractivity contribution >= 4 is 0 Å². The summed E-state index contributed by atoms with van der Waals surface area (Å²) in [7, 11) is 0. The van der Waals surface area contributed by atoms with Gasteiger partial charge in [-0.3, -0.25) is 0 Å². The summed E-state index contributed by atoms with van der Waals surface area (Å²) in [5.74, 6) is -0.114. The second-order valence-electron chi connectivity index (χ2n) is 1.83. The first-order valence-electron chi connectivity index (χ1n) is 2.75. The lowest BCUT2D eigenvalue weighted by atomic mass is 10.5. The third kappa shape index (κ3) is 1.70. The van der Waals surface area contributed by atoms with E-state index in [0.29, 0.717) is 6.26 Å². The third-order valence-electron chi connectivity index (χ3n) is 1.02. The summed E-state index contributed by atoms with van der Waals surface area (Å²) in [5, 5.41) is 0. The Morgan fingerprint density at radius 1 is 1.55 bits per heavy atom. The van der Waals surface area contributed by atoms with E-state index in [1.807, 2.05) is 0 Å². The molecule has 6 heteroatoms. The standard InChI is InChI=1S/C5H5F3N2O/c6-5(7,8)3-2-11-4(1-9)10-3/h2H,1,9H2. The second kappa shape index (κ2) is 2.54. The van der Waals surface area contributed by atoms with Crippen LogP contribution in [0.3, 0.4) is 0 Å². The van der Waals surface area contributed by atoms with Crippen molar-refractivity contribution < 1.29 is 17.6 Å². The van der Waals surface area contributed by atoms with Crippen molar-refractivity contribution in [2.75, 3.05) is 0 Å². The predicted octanol–water partition coefficient (Wildman–Crippen LogP) is 1.15. The van der Waals surface area contributed by atoms with Gasteiger partial charge in [0.25, 0.3) is 0 Å². The van der Waals surface area contributed by atoms with Crippen LogP contribution in [-0.2, 0) is 12.7 Å². The molecule has 11 heavy (non-hydrogen) atoms. The molecule has 0 saturated carbocycles. The van der Waals surface area contributed by atoms with Crippen LogP contribution in [-0.4, -0.2) is 4.98 Å². The van der Waals surface area contributed by atoms with Crippen molar-refractivity contribution in [2.24, 2.45) is 5.73 Å². The Hall–Kier alpha value is -1.04. The molecule has 62 valence electrons. The molecule has 3 nitrogen and oxygen atoms in total. The first kappa shape index (κ1) is 8.06. The van der Waals surface area contributed by atoms with Crippen LogP contribution >= 0.6 is 0 Å². The van der Waals surface area contributed by atoms with Crippen molar-refractivity contribution in [3.63, 3.8) is 0 Å². The molecule has 0 fully saturated rings. The van der Waals surface area contributed by atoms with Crippen molar-refractivity contribution in [3.8, 4) is 0 Å². The smallest absolute Gasteiger partial charge is 0.436 e. The zero-order valence-corrected chi connectivity index (χ0v) is 5.35. The average Bonchev–Trinajstić information content (AvgIpc) is 2.32. The molecule has 0 unspecified atom stereocenters. The van der Waals surface area contributed by atoms with Gasteiger partial charge in [-0.15, -0.1) is 0 Å².